The Bertz CT molecular complexity index is 221. The number of rotatable bonds is 5. The second-order valence-electron chi connectivity index (χ2n) is 5.10. The monoisotopic (exact) mass is 262 g/mol. The first-order valence-corrected chi connectivity index (χ1v) is 6.61. The highest BCUT2D eigenvalue weighted by atomic mass is 35.5. The van der Waals surface area contributed by atoms with Gasteiger partial charge in [0.15, 0.2) is 0 Å². The maximum absolute atomic E-state index is 12.1. The summed E-state index contributed by atoms with van der Waals surface area (Å²) >= 11 is 0. The summed E-state index contributed by atoms with van der Waals surface area (Å²) in [6.45, 7) is 6.36. The lowest BCUT2D eigenvalue weighted by Crippen LogP contribution is -2.46. The molecule has 0 saturated carbocycles. The number of hydrogen-bond acceptors (Lipinski definition) is 2. The molecule has 1 unspecified atom stereocenters. The van der Waals surface area contributed by atoms with E-state index in [0.29, 0.717) is 24.3 Å². The number of hydrogen-bond donors (Lipinski definition) is 1. The summed E-state index contributed by atoms with van der Waals surface area (Å²) in [6.07, 6.45) is 5.31. The first-order valence-electron chi connectivity index (χ1n) is 6.61. The molecule has 1 aliphatic heterocycles. The van der Waals surface area contributed by atoms with Gasteiger partial charge < -0.3 is 10.2 Å². The standard InChI is InChI=1S/C13H26N2O.ClH/c1-11(2)12-7-4-5-10-15(12)13(16)8-6-9-14-3;/h11-12,14H,4-10H2,1-3H3;1H. The van der Waals surface area contributed by atoms with Crippen molar-refractivity contribution in [3.63, 3.8) is 0 Å². The van der Waals surface area contributed by atoms with Gasteiger partial charge >= 0.3 is 0 Å². The van der Waals surface area contributed by atoms with Gasteiger partial charge in [-0.1, -0.05) is 13.8 Å². The molecule has 102 valence electrons. The first kappa shape index (κ1) is 16.7. The van der Waals surface area contributed by atoms with Crippen molar-refractivity contribution in [2.45, 2.75) is 52.0 Å². The van der Waals surface area contributed by atoms with Crippen LogP contribution < -0.4 is 5.32 Å². The summed E-state index contributed by atoms with van der Waals surface area (Å²) in [5.41, 5.74) is 0. The second kappa shape index (κ2) is 8.76. The normalized spacial score (nSPS) is 20.2. The van der Waals surface area contributed by atoms with Crippen LogP contribution in [0.2, 0.25) is 0 Å². The van der Waals surface area contributed by atoms with Crippen LogP contribution in [0.25, 0.3) is 0 Å². The van der Waals surface area contributed by atoms with Crippen molar-refractivity contribution in [1.29, 1.82) is 0 Å². The summed E-state index contributed by atoms with van der Waals surface area (Å²) in [5.74, 6) is 0.946. The van der Waals surface area contributed by atoms with Crippen LogP contribution in [0.4, 0.5) is 0 Å². The minimum atomic E-state index is 0. The quantitative estimate of drug-likeness (QED) is 0.772. The lowest BCUT2D eigenvalue weighted by atomic mass is 9.92. The summed E-state index contributed by atoms with van der Waals surface area (Å²) in [6, 6.07) is 0.482. The molecule has 0 aromatic carbocycles. The Morgan fingerprint density at radius 3 is 2.71 bits per heavy atom. The fraction of sp³-hybridized carbons (Fsp3) is 0.923. The van der Waals surface area contributed by atoms with Gasteiger partial charge in [0.25, 0.3) is 0 Å². The van der Waals surface area contributed by atoms with E-state index in [4.69, 9.17) is 0 Å². The van der Waals surface area contributed by atoms with E-state index in [9.17, 15) is 4.79 Å². The Hall–Kier alpha value is -0.280. The number of nitrogens with zero attached hydrogens (tertiary/aromatic N) is 1. The molecule has 1 saturated heterocycles. The summed E-state index contributed by atoms with van der Waals surface area (Å²) < 4.78 is 0. The Morgan fingerprint density at radius 2 is 2.12 bits per heavy atom. The van der Waals surface area contributed by atoms with Crippen LogP contribution in [0.3, 0.4) is 0 Å². The van der Waals surface area contributed by atoms with Crippen molar-refractivity contribution in [3.8, 4) is 0 Å². The number of nitrogens with one attached hydrogen (secondary N) is 1. The molecular formula is C13H27ClN2O. The number of carbonyl (C=O) groups excluding carboxylic acids is 1. The third-order valence-corrected chi connectivity index (χ3v) is 3.46. The molecule has 0 aromatic rings. The predicted octanol–water partition coefficient (Wildman–Crippen LogP) is 2.44. The molecule has 0 aromatic heterocycles. The molecule has 1 atom stereocenters. The van der Waals surface area contributed by atoms with Gasteiger partial charge in [0.05, 0.1) is 0 Å². The molecule has 0 radical (unpaired) electrons. The fourth-order valence-corrected chi connectivity index (χ4v) is 2.52. The van der Waals surface area contributed by atoms with Crippen LogP contribution in [0.5, 0.6) is 0 Å². The van der Waals surface area contributed by atoms with Gasteiger partial charge in [-0.15, -0.1) is 12.4 Å². The number of amides is 1. The van der Waals surface area contributed by atoms with Crippen molar-refractivity contribution in [2.24, 2.45) is 5.92 Å². The molecule has 17 heavy (non-hydrogen) atoms. The van der Waals surface area contributed by atoms with Crippen molar-refractivity contribution in [1.82, 2.24) is 10.2 Å². The number of halogens is 1. The van der Waals surface area contributed by atoms with Crippen LogP contribution in [0.15, 0.2) is 0 Å². The summed E-state index contributed by atoms with van der Waals surface area (Å²) in [7, 11) is 1.93. The minimum Gasteiger partial charge on any atom is -0.339 e. The van der Waals surface area contributed by atoms with E-state index in [1.54, 1.807) is 0 Å². The van der Waals surface area contributed by atoms with Crippen LogP contribution in [0, 0.1) is 5.92 Å². The van der Waals surface area contributed by atoms with Crippen LogP contribution in [0.1, 0.15) is 46.0 Å². The van der Waals surface area contributed by atoms with Crippen molar-refractivity contribution < 1.29 is 4.79 Å². The molecule has 1 rings (SSSR count). The highest BCUT2D eigenvalue weighted by Crippen LogP contribution is 2.23. The van der Waals surface area contributed by atoms with Crippen LogP contribution in [-0.2, 0) is 4.79 Å². The van der Waals surface area contributed by atoms with Gasteiger partial charge in [0, 0.05) is 19.0 Å². The van der Waals surface area contributed by atoms with E-state index >= 15 is 0 Å². The van der Waals surface area contributed by atoms with E-state index in [1.807, 2.05) is 7.05 Å². The van der Waals surface area contributed by atoms with Gasteiger partial charge in [0.1, 0.15) is 0 Å². The molecule has 0 bridgehead atoms. The van der Waals surface area contributed by atoms with Gasteiger partial charge in [-0.05, 0) is 45.2 Å². The third kappa shape index (κ3) is 5.26. The van der Waals surface area contributed by atoms with E-state index in [2.05, 4.69) is 24.1 Å². The topological polar surface area (TPSA) is 32.3 Å². The highest BCUT2D eigenvalue weighted by Gasteiger charge is 2.28. The molecule has 1 N–H and O–H groups in total. The zero-order valence-corrected chi connectivity index (χ0v) is 12.2. The maximum Gasteiger partial charge on any atom is 0.222 e. The largest absolute Gasteiger partial charge is 0.339 e. The zero-order chi connectivity index (χ0) is 12.0. The Labute approximate surface area is 112 Å². The van der Waals surface area contributed by atoms with E-state index in [0.717, 1.165) is 19.5 Å². The SMILES string of the molecule is CNCCCC(=O)N1CCCCC1C(C)C.Cl. The molecule has 1 aliphatic rings. The Morgan fingerprint density at radius 1 is 1.41 bits per heavy atom. The van der Waals surface area contributed by atoms with E-state index in [-0.39, 0.29) is 12.4 Å². The Balaban J connectivity index is 0.00000256. The molecule has 3 nitrogen and oxygen atoms in total. The molecule has 4 heteroatoms. The highest BCUT2D eigenvalue weighted by molar-refractivity contribution is 5.85. The predicted molar refractivity (Wildman–Crippen MR) is 74.6 cm³/mol. The average Bonchev–Trinajstić information content (AvgIpc) is 2.29. The maximum atomic E-state index is 12.1. The van der Waals surface area contributed by atoms with Gasteiger partial charge in [-0.3, -0.25) is 4.79 Å². The third-order valence-electron chi connectivity index (χ3n) is 3.46. The molecule has 0 aliphatic carbocycles. The number of likely N-dealkylation sites (tertiary alicyclic amines) is 1. The zero-order valence-electron chi connectivity index (χ0n) is 11.4. The van der Waals surface area contributed by atoms with Crippen molar-refractivity contribution >= 4 is 18.3 Å². The van der Waals surface area contributed by atoms with E-state index < -0.39 is 0 Å². The average molecular weight is 263 g/mol. The molecule has 0 spiro atoms. The first-order chi connectivity index (χ1) is 7.66. The minimum absolute atomic E-state index is 0. The summed E-state index contributed by atoms with van der Waals surface area (Å²) in [5, 5.41) is 3.09. The lowest BCUT2D eigenvalue weighted by molar-refractivity contribution is -0.136. The Kier molecular flexibility index (Phi) is 8.61. The van der Waals surface area contributed by atoms with Crippen LogP contribution in [-0.4, -0.2) is 37.0 Å². The molecule has 1 amide bonds. The molecule has 1 heterocycles. The van der Waals surface area contributed by atoms with Crippen molar-refractivity contribution in [3.05, 3.63) is 0 Å². The molecule has 1 fully saturated rings. The summed E-state index contributed by atoms with van der Waals surface area (Å²) in [4.78, 5) is 14.2. The van der Waals surface area contributed by atoms with Gasteiger partial charge in [-0.25, -0.2) is 0 Å². The van der Waals surface area contributed by atoms with Gasteiger partial charge in [-0.2, -0.15) is 0 Å². The number of carbonyl (C=O) groups is 1. The number of piperidine rings is 1. The lowest BCUT2D eigenvalue weighted by Gasteiger charge is -2.38. The fourth-order valence-electron chi connectivity index (χ4n) is 2.52. The smallest absolute Gasteiger partial charge is 0.222 e. The molecular weight excluding hydrogens is 236 g/mol. The van der Waals surface area contributed by atoms with Crippen LogP contribution >= 0.6 is 12.4 Å². The van der Waals surface area contributed by atoms with E-state index in [1.165, 1.54) is 19.3 Å². The van der Waals surface area contributed by atoms with Crippen molar-refractivity contribution in [2.75, 3.05) is 20.1 Å². The van der Waals surface area contributed by atoms with Gasteiger partial charge in [0.2, 0.25) is 5.91 Å². The second-order valence-corrected chi connectivity index (χ2v) is 5.10.